The first-order valence-corrected chi connectivity index (χ1v) is 4.99. The Morgan fingerprint density at radius 1 is 1.33 bits per heavy atom. The van der Waals surface area contributed by atoms with Crippen molar-refractivity contribution in [1.82, 2.24) is 5.32 Å². The van der Waals surface area contributed by atoms with Gasteiger partial charge in [-0.2, -0.15) is 0 Å². The average Bonchev–Trinajstić information content (AvgIpc) is 2.15. The monoisotopic (exact) mass is 207 g/mol. The van der Waals surface area contributed by atoms with E-state index in [0.29, 0.717) is 0 Å². The van der Waals surface area contributed by atoms with Gasteiger partial charge in [0.1, 0.15) is 11.5 Å². The Morgan fingerprint density at radius 3 is 2.67 bits per heavy atom. The standard InChI is InChI=1S/C11H13NO3/c13-8-4-5-10(14)9(6-8)11(15)12-7-2-1-3-7/h4-7,13-14H,1-3H2,(H,12,15). The van der Waals surface area contributed by atoms with E-state index < -0.39 is 0 Å². The molecule has 15 heavy (non-hydrogen) atoms. The molecule has 1 aromatic carbocycles. The highest BCUT2D eigenvalue weighted by Crippen LogP contribution is 2.24. The largest absolute Gasteiger partial charge is 0.508 e. The van der Waals surface area contributed by atoms with Crippen molar-refractivity contribution in [2.45, 2.75) is 25.3 Å². The number of hydrogen-bond acceptors (Lipinski definition) is 3. The number of nitrogens with one attached hydrogen (secondary N) is 1. The van der Waals surface area contributed by atoms with Gasteiger partial charge in [-0.05, 0) is 37.5 Å². The Morgan fingerprint density at radius 2 is 2.07 bits per heavy atom. The van der Waals surface area contributed by atoms with Gasteiger partial charge in [-0.25, -0.2) is 0 Å². The summed E-state index contributed by atoms with van der Waals surface area (Å²) >= 11 is 0. The van der Waals surface area contributed by atoms with Gasteiger partial charge in [-0.1, -0.05) is 0 Å². The Labute approximate surface area is 87.6 Å². The molecule has 0 spiro atoms. The second kappa shape index (κ2) is 3.81. The van der Waals surface area contributed by atoms with Gasteiger partial charge >= 0.3 is 0 Å². The van der Waals surface area contributed by atoms with Gasteiger partial charge in [0, 0.05) is 6.04 Å². The molecule has 1 aliphatic rings. The lowest BCUT2D eigenvalue weighted by Crippen LogP contribution is -2.39. The number of hydrogen-bond donors (Lipinski definition) is 3. The lowest BCUT2D eigenvalue weighted by Gasteiger charge is -2.26. The quantitative estimate of drug-likeness (QED) is 0.642. The molecule has 0 bridgehead atoms. The number of phenolic OH excluding ortho intramolecular Hbond substituents is 2. The van der Waals surface area contributed by atoms with Crippen LogP contribution in [0.25, 0.3) is 0 Å². The number of phenols is 2. The third kappa shape index (κ3) is 2.03. The summed E-state index contributed by atoms with van der Waals surface area (Å²) in [6, 6.07) is 4.14. The molecule has 0 atom stereocenters. The van der Waals surface area contributed by atoms with E-state index in [1.807, 2.05) is 0 Å². The van der Waals surface area contributed by atoms with Gasteiger partial charge in [0.05, 0.1) is 5.56 Å². The number of carbonyl (C=O) groups excluding carboxylic acids is 1. The Balaban J connectivity index is 2.12. The van der Waals surface area contributed by atoms with E-state index in [2.05, 4.69) is 5.32 Å². The van der Waals surface area contributed by atoms with Crippen LogP contribution in [-0.4, -0.2) is 22.2 Å². The van der Waals surface area contributed by atoms with Crippen molar-refractivity contribution in [3.05, 3.63) is 23.8 Å². The average molecular weight is 207 g/mol. The predicted octanol–water partition coefficient (Wildman–Crippen LogP) is 1.38. The van der Waals surface area contributed by atoms with Gasteiger partial charge in [-0.3, -0.25) is 4.79 Å². The molecule has 0 radical (unpaired) electrons. The summed E-state index contributed by atoms with van der Waals surface area (Å²) in [6.45, 7) is 0. The SMILES string of the molecule is O=C(NC1CCC1)c1cc(O)ccc1O. The van der Waals surface area contributed by atoms with E-state index in [-0.39, 0.29) is 29.0 Å². The molecule has 0 unspecified atom stereocenters. The minimum Gasteiger partial charge on any atom is -0.508 e. The fourth-order valence-electron chi connectivity index (χ4n) is 1.52. The van der Waals surface area contributed by atoms with Gasteiger partial charge in [0.25, 0.3) is 5.91 Å². The zero-order valence-electron chi connectivity index (χ0n) is 8.23. The minimum absolute atomic E-state index is 0.0217. The van der Waals surface area contributed by atoms with Crippen molar-refractivity contribution in [2.75, 3.05) is 0 Å². The first-order valence-electron chi connectivity index (χ1n) is 4.99. The van der Waals surface area contributed by atoms with Crippen molar-refractivity contribution in [3.63, 3.8) is 0 Å². The van der Waals surface area contributed by atoms with Gasteiger partial charge in [-0.15, -0.1) is 0 Å². The summed E-state index contributed by atoms with van der Waals surface area (Å²) in [5.41, 5.74) is 0.127. The molecule has 1 aliphatic carbocycles. The van der Waals surface area contributed by atoms with E-state index in [1.165, 1.54) is 18.2 Å². The first kappa shape index (κ1) is 9.83. The van der Waals surface area contributed by atoms with Gasteiger partial charge in [0.15, 0.2) is 0 Å². The molecule has 1 amide bonds. The highest BCUT2D eigenvalue weighted by molar-refractivity contribution is 5.97. The molecular formula is C11H13NO3. The van der Waals surface area contributed by atoms with E-state index >= 15 is 0 Å². The van der Waals surface area contributed by atoms with Crippen LogP contribution in [0.15, 0.2) is 18.2 Å². The second-order valence-corrected chi connectivity index (χ2v) is 3.80. The lowest BCUT2D eigenvalue weighted by molar-refractivity contribution is 0.0914. The fraction of sp³-hybridized carbons (Fsp3) is 0.364. The molecule has 0 heterocycles. The molecule has 4 nitrogen and oxygen atoms in total. The third-order valence-electron chi connectivity index (χ3n) is 2.67. The normalized spacial score (nSPS) is 15.7. The van der Waals surface area contributed by atoms with Crippen molar-refractivity contribution in [1.29, 1.82) is 0 Å². The lowest BCUT2D eigenvalue weighted by atomic mass is 9.93. The zero-order chi connectivity index (χ0) is 10.8. The predicted molar refractivity (Wildman–Crippen MR) is 54.9 cm³/mol. The van der Waals surface area contributed by atoms with Crippen LogP contribution in [0.3, 0.4) is 0 Å². The highest BCUT2D eigenvalue weighted by Gasteiger charge is 2.21. The van der Waals surface area contributed by atoms with Crippen LogP contribution in [0, 0.1) is 0 Å². The molecule has 0 aliphatic heterocycles. The topological polar surface area (TPSA) is 69.6 Å². The maximum absolute atomic E-state index is 11.6. The van der Waals surface area contributed by atoms with Crippen LogP contribution in [0.5, 0.6) is 11.5 Å². The summed E-state index contributed by atoms with van der Waals surface area (Å²) in [7, 11) is 0. The van der Waals surface area contributed by atoms with Crippen molar-refractivity contribution in [2.24, 2.45) is 0 Å². The number of aromatic hydroxyl groups is 2. The zero-order valence-corrected chi connectivity index (χ0v) is 8.23. The summed E-state index contributed by atoms with van der Waals surface area (Å²) in [6.07, 6.45) is 3.12. The number of benzene rings is 1. The second-order valence-electron chi connectivity index (χ2n) is 3.80. The molecule has 1 saturated carbocycles. The van der Waals surface area contributed by atoms with Crippen LogP contribution in [0.4, 0.5) is 0 Å². The van der Waals surface area contributed by atoms with Crippen LogP contribution in [0.2, 0.25) is 0 Å². The third-order valence-corrected chi connectivity index (χ3v) is 2.67. The molecule has 4 heteroatoms. The van der Waals surface area contributed by atoms with E-state index in [9.17, 15) is 15.0 Å². The summed E-state index contributed by atoms with van der Waals surface area (Å²) in [4.78, 5) is 11.6. The summed E-state index contributed by atoms with van der Waals surface area (Å²) in [5.74, 6) is -0.454. The molecular weight excluding hydrogens is 194 g/mol. The van der Waals surface area contributed by atoms with Gasteiger partial charge in [0.2, 0.25) is 0 Å². The number of amides is 1. The molecule has 0 aromatic heterocycles. The smallest absolute Gasteiger partial charge is 0.255 e. The molecule has 1 aromatic rings. The molecule has 80 valence electrons. The summed E-state index contributed by atoms with van der Waals surface area (Å²) < 4.78 is 0. The Kier molecular flexibility index (Phi) is 2.49. The molecule has 0 saturated heterocycles. The van der Waals surface area contributed by atoms with Gasteiger partial charge < -0.3 is 15.5 Å². The Bertz CT molecular complexity index is 385. The molecule has 2 rings (SSSR count). The van der Waals surface area contributed by atoms with Crippen molar-refractivity contribution < 1.29 is 15.0 Å². The minimum atomic E-state index is -0.326. The summed E-state index contributed by atoms with van der Waals surface area (Å²) in [5, 5.41) is 21.4. The van der Waals surface area contributed by atoms with E-state index in [4.69, 9.17) is 0 Å². The van der Waals surface area contributed by atoms with Crippen LogP contribution in [0.1, 0.15) is 29.6 Å². The van der Waals surface area contributed by atoms with Crippen LogP contribution in [-0.2, 0) is 0 Å². The van der Waals surface area contributed by atoms with Crippen LogP contribution < -0.4 is 5.32 Å². The Hall–Kier alpha value is -1.71. The first-order chi connectivity index (χ1) is 7.16. The molecule has 3 N–H and O–H groups in total. The van der Waals surface area contributed by atoms with E-state index in [1.54, 1.807) is 0 Å². The maximum Gasteiger partial charge on any atom is 0.255 e. The van der Waals surface area contributed by atoms with Crippen LogP contribution >= 0.6 is 0 Å². The van der Waals surface area contributed by atoms with Crippen molar-refractivity contribution in [3.8, 4) is 11.5 Å². The fourth-order valence-corrected chi connectivity index (χ4v) is 1.52. The van der Waals surface area contributed by atoms with Crippen molar-refractivity contribution >= 4 is 5.91 Å². The number of rotatable bonds is 2. The maximum atomic E-state index is 11.6. The molecule has 1 fully saturated rings. The van der Waals surface area contributed by atoms with E-state index in [0.717, 1.165) is 19.3 Å². The number of carbonyl (C=O) groups is 1. The highest BCUT2D eigenvalue weighted by atomic mass is 16.3.